The number of amides is 1. The third-order valence-corrected chi connectivity index (χ3v) is 2.37. The molecule has 1 aliphatic heterocycles. The molecule has 1 heterocycles. The van der Waals surface area contributed by atoms with Crippen molar-refractivity contribution in [2.45, 2.75) is 0 Å². The van der Waals surface area contributed by atoms with Crippen LogP contribution < -0.4 is 5.32 Å². The van der Waals surface area contributed by atoms with Crippen LogP contribution in [0.25, 0.3) is 0 Å². The molecule has 0 spiro atoms. The summed E-state index contributed by atoms with van der Waals surface area (Å²) in [5.74, 6) is -1.18. The van der Waals surface area contributed by atoms with E-state index < -0.39 is 5.97 Å². The molecule has 0 bridgehead atoms. The molecule has 7 nitrogen and oxygen atoms in total. The van der Waals surface area contributed by atoms with E-state index in [0.717, 1.165) is 5.56 Å². The molecule has 1 amide bonds. The Morgan fingerprint density at radius 1 is 1.42 bits per heavy atom. The highest BCUT2D eigenvalue weighted by Crippen LogP contribution is 1.99. The summed E-state index contributed by atoms with van der Waals surface area (Å²) in [5.41, 5.74) is 0.862. The normalized spacial score (nSPS) is 17.2. The van der Waals surface area contributed by atoms with Crippen molar-refractivity contribution in [3.63, 3.8) is 0 Å². The number of nitrogens with zero attached hydrogens (tertiary/aromatic N) is 3. The van der Waals surface area contributed by atoms with Crippen LogP contribution in [0, 0.1) is 0 Å². The van der Waals surface area contributed by atoms with E-state index in [1.54, 1.807) is 0 Å². The zero-order valence-electron chi connectivity index (χ0n) is 9.98. The fourth-order valence-corrected chi connectivity index (χ4v) is 1.56. The maximum Gasteiger partial charge on any atom is 0.323 e. The third-order valence-electron chi connectivity index (χ3n) is 2.37. The molecule has 0 aromatic heterocycles. The number of carbonyl (C=O) groups is 2. The number of nitrogens with one attached hydrogen (secondary N) is 1. The molecule has 1 fully saturated rings. The van der Waals surface area contributed by atoms with Gasteiger partial charge < -0.3 is 10.0 Å². The lowest BCUT2D eigenvalue weighted by atomic mass is 10.2. The van der Waals surface area contributed by atoms with Gasteiger partial charge in [0.15, 0.2) is 0 Å². The van der Waals surface area contributed by atoms with Crippen LogP contribution in [0.2, 0.25) is 0 Å². The van der Waals surface area contributed by atoms with Crippen LogP contribution in [0.1, 0.15) is 5.56 Å². The molecule has 19 heavy (non-hydrogen) atoms. The Labute approximate surface area is 109 Å². The van der Waals surface area contributed by atoms with E-state index >= 15 is 0 Å². The van der Waals surface area contributed by atoms with Crippen LogP contribution >= 0.6 is 0 Å². The molecular formula is C12H12N4O3. The maximum absolute atomic E-state index is 11.2. The van der Waals surface area contributed by atoms with Gasteiger partial charge in [-0.05, 0) is 5.56 Å². The van der Waals surface area contributed by atoms with E-state index in [0.29, 0.717) is 0 Å². The smallest absolute Gasteiger partial charge is 0.323 e. The van der Waals surface area contributed by atoms with E-state index in [1.165, 1.54) is 11.1 Å². The number of benzene rings is 1. The van der Waals surface area contributed by atoms with E-state index in [-0.39, 0.29) is 25.0 Å². The minimum atomic E-state index is -1.03. The Morgan fingerprint density at radius 2 is 2.16 bits per heavy atom. The Morgan fingerprint density at radius 3 is 2.84 bits per heavy atom. The van der Waals surface area contributed by atoms with Gasteiger partial charge in [-0.25, -0.2) is 0 Å². The maximum atomic E-state index is 11.2. The fourth-order valence-electron chi connectivity index (χ4n) is 1.56. The fraction of sp³-hybridized carbons (Fsp3) is 0.167. The molecule has 1 aromatic rings. The standard InChI is InChI=1S/C12H12N4O3/c17-10-7-16(8-11(18)19)12(14-10)15-13-6-9-4-2-1-3-5-9/h1-6H,7-8H2,(H,18,19)(H,14,15,17). The molecule has 2 rings (SSSR count). The van der Waals surface area contributed by atoms with Crippen molar-refractivity contribution >= 4 is 24.1 Å². The van der Waals surface area contributed by atoms with E-state index in [9.17, 15) is 9.59 Å². The number of hydrogen-bond donors (Lipinski definition) is 2. The van der Waals surface area contributed by atoms with Gasteiger partial charge in [-0.3, -0.25) is 14.9 Å². The summed E-state index contributed by atoms with van der Waals surface area (Å²) in [7, 11) is 0. The van der Waals surface area contributed by atoms with E-state index in [2.05, 4.69) is 15.5 Å². The number of rotatable bonds is 4. The van der Waals surface area contributed by atoms with E-state index in [4.69, 9.17) is 5.11 Å². The lowest BCUT2D eigenvalue weighted by Gasteiger charge is -2.11. The Kier molecular flexibility index (Phi) is 3.87. The van der Waals surface area contributed by atoms with Crippen molar-refractivity contribution < 1.29 is 14.7 Å². The average molecular weight is 260 g/mol. The largest absolute Gasteiger partial charge is 0.480 e. The summed E-state index contributed by atoms with van der Waals surface area (Å²) in [4.78, 5) is 23.1. The molecule has 7 heteroatoms. The SMILES string of the molecule is O=C(O)CN1CC(=O)NC1=NN=Cc1ccccc1. The monoisotopic (exact) mass is 260 g/mol. The quantitative estimate of drug-likeness (QED) is 0.583. The zero-order valence-corrected chi connectivity index (χ0v) is 9.98. The van der Waals surface area contributed by atoms with Crippen molar-refractivity contribution in [3.8, 4) is 0 Å². The third kappa shape index (κ3) is 3.63. The lowest BCUT2D eigenvalue weighted by molar-refractivity contribution is -0.137. The Balaban J connectivity index is 2.06. The molecule has 0 unspecified atom stereocenters. The van der Waals surface area contributed by atoms with Crippen molar-refractivity contribution in [1.29, 1.82) is 0 Å². The summed E-state index contributed by atoms with van der Waals surface area (Å²) in [5, 5.41) is 18.8. The van der Waals surface area contributed by atoms with Crippen LogP contribution in [0.15, 0.2) is 40.5 Å². The van der Waals surface area contributed by atoms with Gasteiger partial charge in [0.25, 0.3) is 0 Å². The molecule has 0 radical (unpaired) electrons. The van der Waals surface area contributed by atoms with Gasteiger partial charge in [-0.1, -0.05) is 30.3 Å². The molecule has 98 valence electrons. The van der Waals surface area contributed by atoms with Crippen LogP contribution in [-0.2, 0) is 9.59 Å². The summed E-state index contributed by atoms with van der Waals surface area (Å²) in [6, 6.07) is 9.32. The number of carbonyl (C=O) groups excluding carboxylic acids is 1. The second-order valence-corrected chi connectivity index (χ2v) is 3.88. The Bertz CT molecular complexity index is 539. The number of hydrogen-bond acceptors (Lipinski definition) is 4. The minimum Gasteiger partial charge on any atom is -0.480 e. The highest BCUT2D eigenvalue weighted by atomic mass is 16.4. The lowest BCUT2D eigenvalue weighted by Crippen LogP contribution is -2.34. The number of aliphatic carboxylic acids is 1. The molecule has 1 aliphatic rings. The van der Waals surface area contributed by atoms with Crippen molar-refractivity contribution in [3.05, 3.63) is 35.9 Å². The summed E-state index contributed by atoms with van der Waals surface area (Å²) in [6.07, 6.45) is 1.52. The van der Waals surface area contributed by atoms with Gasteiger partial charge in [0, 0.05) is 0 Å². The van der Waals surface area contributed by atoms with Gasteiger partial charge in [-0.15, -0.1) is 5.10 Å². The first-order chi connectivity index (χ1) is 9.15. The average Bonchev–Trinajstić information content (AvgIpc) is 2.70. The molecule has 0 aliphatic carbocycles. The Hall–Kier alpha value is -2.70. The van der Waals surface area contributed by atoms with Gasteiger partial charge >= 0.3 is 5.97 Å². The number of carboxylic acids is 1. The van der Waals surface area contributed by atoms with E-state index in [1.807, 2.05) is 30.3 Å². The summed E-state index contributed by atoms with van der Waals surface area (Å²) >= 11 is 0. The van der Waals surface area contributed by atoms with Gasteiger partial charge in [0.2, 0.25) is 11.9 Å². The molecule has 1 aromatic carbocycles. The van der Waals surface area contributed by atoms with Crippen LogP contribution in [-0.4, -0.2) is 47.1 Å². The van der Waals surface area contributed by atoms with Crippen LogP contribution in [0.5, 0.6) is 0 Å². The van der Waals surface area contributed by atoms with Crippen LogP contribution in [0.3, 0.4) is 0 Å². The second kappa shape index (κ2) is 5.76. The van der Waals surface area contributed by atoms with Crippen molar-refractivity contribution in [1.82, 2.24) is 10.2 Å². The summed E-state index contributed by atoms with van der Waals surface area (Å²) in [6.45, 7) is -0.315. The predicted octanol–water partition coefficient (Wildman–Crippen LogP) is -0.107. The zero-order chi connectivity index (χ0) is 13.7. The topological polar surface area (TPSA) is 94.4 Å². The highest BCUT2D eigenvalue weighted by Gasteiger charge is 2.26. The second-order valence-electron chi connectivity index (χ2n) is 3.88. The summed E-state index contributed by atoms with van der Waals surface area (Å²) < 4.78 is 0. The van der Waals surface area contributed by atoms with Crippen molar-refractivity contribution in [2.75, 3.05) is 13.1 Å². The molecule has 0 atom stereocenters. The first-order valence-corrected chi connectivity index (χ1v) is 5.58. The van der Waals surface area contributed by atoms with Crippen LogP contribution in [0.4, 0.5) is 0 Å². The number of carboxylic acid groups (broad SMARTS) is 1. The number of guanidine groups is 1. The van der Waals surface area contributed by atoms with Gasteiger partial charge in [0.05, 0.1) is 6.21 Å². The molecule has 0 saturated carbocycles. The molecule has 1 saturated heterocycles. The van der Waals surface area contributed by atoms with Gasteiger partial charge in [0.1, 0.15) is 13.1 Å². The molecule has 2 N–H and O–H groups in total. The predicted molar refractivity (Wildman–Crippen MR) is 68.8 cm³/mol. The van der Waals surface area contributed by atoms with Crippen molar-refractivity contribution in [2.24, 2.45) is 10.2 Å². The highest BCUT2D eigenvalue weighted by molar-refractivity contribution is 6.05. The first-order valence-electron chi connectivity index (χ1n) is 5.58. The molecular weight excluding hydrogens is 248 g/mol. The van der Waals surface area contributed by atoms with Gasteiger partial charge in [-0.2, -0.15) is 5.10 Å². The first kappa shape index (κ1) is 12.7. The minimum absolute atomic E-state index is 0.0218.